The van der Waals surface area contributed by atoms with Crippen LogP contribution in [-0.4, -0.2) is 9.52 Å². The van der Waals surface area contributed by atoms with Crippen LogP contribution in [0.4, 0.5) is 0 Å². The van der Waals surface area contributed by atoms with Gasteiger partial charge in [-0.05, 0) is 0 Å². The van der Waals surface area contributed by atoms with E-state index in [1.54, 1.807) is 0 Å². The molecular weight excluding hydrogens is 64.1 g/mol. The van der Waals surface area contributed by atoms with Gasteiger partial charge < -0.3 is 0 Å². The van der Waals surface area contributed by atoms with E-state index < -0.39 is 0 Å². The molecule has 0 spiro atoms. The summed E-state index contributed by atoms with van der Waals surface area (Å²) >= 11 is 0. The lowest BCUT2D eigenvalue weighted by atomic mass is 11.4. The van der Waals surface area contributed by atoms with Crippen molar-refractivity contribution >= 4 is 9.52 Å². The van der Waals surface area contributed by atoms with Crippen molar-refractivity contribution in [1.29, 1.82) is 0 Å². The third kappa shape index (κ3) is 1.78. The summed E-state index contributed by atoms with van der Waals surface area (Å²) in [4.78, 5) is 0. The van der Waals surface area contributed by atoms with Gasteiger partial charge in [0.1, 0.15) is 9.52 Å². The molecule has 0 aromatic carbocycles. The van der Waals surface area contributed by atoms with E-state index >= 15 is 0 Å². The summed E-state index contributed by atoms with van der Waals surface area (Å²) in [6, 6.07) is 0. The maximum Gasteiger partial charge on any atom is 0.103 e. The molecule has 0 aliphatic heterocycles. The fourth-order valence-electron chi connectivity index (χ4n) is 0. The minimum atomic E-state index is -0.0478. The molecule has 0 bridgehead atoms. The van der Waals surface area contributed by atoms with Crippen LogP contribution in [0.25, 0.3) is 0 Å². The van der Waals surface area contributed by atoms with Gasteiger partial charge in [-0.1, -0.05) is 6.55 Å². The van der Waals surface area contributed by atoms with Gasteiger partial charge in [-0.15, -0.1) is 12.0 Å². The first kappa shape index (κ1) is 3.78. The Morgan fingerprint density at radius 3 is 2.25 bits per heavy atom. The van der Waals surface area contributed by atoms with Gasteiger partial charge in [0, 0.05) is 0 Å². The molecule has 0 amide bonds. The van der Waals surface area contributed by atoms with Gasteiger partial charge >= 0.3 is 0 Å². The van der Waals surface area contributed by atoms with E-state index in [4.69, 9.17) is 6.42 Å². The predicted molar refractivity (Wildman–Crippen MR) is 23.2 cm³/mol. The van der Waals surface area contributed by atoms with Gasteiger partial charge in [0.2, 0.25) is 0 Å². The van der Waals surface area contributed by atoms with Crippen molar-refractivity contribution in [2.45, 2.75) is 6.55 Å². The smallest absolute Gasteiger partial charge is 0.103 e. The van der Waals surface area contributed by atoms with Crippen LogP contribution in [0.5, 0.6) is 0 Å². The molecule has 1 heteroatoms. The summed E-state index contributed by atoms with van der Waals surface area (Å²) in [5.74, 6) is 0. The Morgan fingerprint density at radius 1 is 2.00 bits per heavy atom. The van der Waals surface area contributed by atoms with Crippen LogP contribution in [-0.2, 0) is 0 Å². The van der Waals surface area contributed by atoms with Crippen LogP contribution in [0, 0.1) is 12.0 Å². The Kier molecular flexibility index (Phi) is 2.62. The molecule has 0 rings (SSSR count). The molecule has 0 aliphatic carbocycles. The fourth-order valence-corrected chi connectivity index (χ4v) is 0. The normalized spacial score (nSPS) is 8.00. The first-order valence-electron chi connectivity index (χ1n) is 1.35. The van der Waals surface area contributed by atoms with Crippen LogP contribution in [0.3, 0.4) is 0 Å². The average molecular weight is 70.2 g/mol. The van der Waals surface area contributed by atoms with Crippen molar-refractivity contribution in [2.24, 2.45) is 0 Å². The molecule has 0 heterocycles. The monoisotopic (exact) mass is 70.0 g/mol. The maximum atomic E-state index is 4.84. The van der Waals surface area contributed by atoms with E-state index in [0.717, 1.165) is 0 Å². The van der Waals surface area contributed by atoms with E-state index in [1.165, 1.54) is 0 Å². The molecule has 0 fully saturated rings. The summed E-state index contributed by atoms with van der Waals surface area (Å²) in [5, 5.41) is 0. The zero-order valence-electron chi connectivity index (χ0n) is 2.78. The quantitative estimate of drug-likeness (QED) is 0.273. The van der Waals surface area contributed by atoms with E-state index in [9.17, 15) is 0 Å². The van der Waals surface area contributed by atoms with E-state index in [2.05, 4.69) is 12.1 Å². The highest BCUT2D eigenvalue weighted by Crippen LogP contribution is 1.37. The second-order valence-electron chi connectivity index (χ2n) is 0.558. The zero-order valence-corrected chi connectivity index (χ0v) is 4.20. The summed E-state index contributed by atoms with van der Waals surface area (Å²) in [5.41, 5.74) is 2.57. The summed E-state index contributed by atoms with van der Waals surface area (Å²) in [6.07, 6.45) is 4.84. The lowest BCUT2D eigenvalue weighted by Crippen LogP contribution is -1.63. The van der Waals surface area contributed by atoms with Crippen molar-refractivity contribution < 1.29 is 0 Å². The third-order valence-corrected chi connectivity index (χ3v) is 0.612. The van der Waals surface area contributed by atoms with Crippen LogP contribution in [0.1, 0.15) is 0 Å². The SMILES string of the molecule is C#C[SiH2]C. The first-order chi connectivity index (χ1) is 1.91. The Bertz CT molecular complexity index is 33.0. The third-order valence-electron chi connectivity index (χ3n) is 0.204. The van der Waals surface area contributed by atoms with Gasteiger partial charge in [-0.2, -0.15) is 0 Å². The molecule has 22 valence electrons. The first-order valence-corrected chi connectivity index (χ1v) is 3.47. The van der Waals surface area contributed by atoms with Crippen LogP contribution in [0.15, 0.2) is 0 Å². The topological polar surface area (TPSA) is 0 Å². The molecular formula is C3H6Si. The van der Waals surface area contributed by atoms with E-state index in [1.807, 2.05) is 0 Å². The summed E-state index contributed by atoms with van der Waals surface area (Å²) in [7, 11) is -0.0478. The lowest BCUT2D eigenvalue weighted by Gasteiger charge is -1.50. The number of terminal acetylenes is 1. The van der Waals surface area contributed by atoms with Crippen molar-refractivity contribution in [3.8, 4) is 12.0 Å². The van der Waals surface area contributed by atoms with Crippen molar-refractivity contribution in [3.63, 3.8) is 0 Å². The predicted octanol–water partition coefficient (Wildman–Crippen LogP) is -0.206. The number of rotatable bonds is 0. The standard InChI is InChI=1S/C3H6Si/c1-3-4-2/h1H,4H2,2H3. The minimum absolute atomic E-state index is 0.0478. The number of hydrogen-bond donors (Lipinski definition) is 0. The molecule has 0 unspecified atom stereocenters. The largest absolute Gasteiger partial charge is 0.143 e. The second-order valence-corrected chi connectivity index (χ2v) is 1.67. The Morgan fingerprint density at radius 2 is 2.25 bits per heavy atom. The molecule has 0 aromatic rings. The van der Waals surface area contributed by atoms with Crippen LogP contribution in [0.2, 0.25) is 6.55 Å². The summed E-state index contributed by atoms with van der Waals surface area (Å²) in [6.45, 7) is 2.08. The molecule has 0 saturated heterocycles. The van der Waals surface area contributed by atoms with Crippen LogP contribution < -0.4 is 0 Å². The molecule has 0 saturated carbocycles. The van der Waals surface area contributed by atoms with Gasteiger partial charge in [0.25, 0.3) is 0 Å². The van der Waals surface area contributed by atoms with Crippen molar-refractivity contribution in [3.05, 3.63) is 0 Å². The Labute approximate surface area is 29.0 Å². The Hall–Kier alpha value is -0.223. The molecule has 0 atom stereocenters. The van der Waals surface area contributed by atoms with Gasteiger partial charge in [0.15, 0.2) is 0 Å². The minimum Gasteiger partial charge on any atom is -0.143 e. The highest BCUT2D eigenvalue weighted by molar-refractivity contribution is 6.44. The number of hydrogen-bond acceptors (Lipinski definition) is 0. The Balaban J connectivity index is 2.43. The van der Waals surface area contributed by atoms with Gasteiger partial charge in [0.05, 0.1) is 0 Å². The highest BCUT2D eigenvalue weighted by atomic mass is 28.2. The average Bonchev–Trinajstić information content (AvgIpc) is 1.37. The molecule has 4 heavy (non-hydrogen) atoms. The molecule has 0 nitrogen and oxygen atoms in total. The van der Waals surface area contributed by atoms with Crippen molar-refractivity contribution in [1.82, 2.24) is 0 Å². The molecule has 0 N–H and O–H groups in total. The zero-order chi connectivity index (χ0) is 3.41. The highest BCUT2D eigenvalue weighted by Gasteiger charge is 1.47. The van der Waals surface area contributed by atoms with E-state index in [0.29, 0.717) is 0 Å². The van der Waals surface area contributed by atoms with Crippen molar-refractivity contribution in [2.75, 3.05) is 0 Å². The van der Waals surface area contributed by atoms with Crippen LogP contribution >= 0.6 is 0 Å². The maximum absolute atomic E-state index is 4.84. The van der Waals surface area contributed by atoms with E-state index in [-0.39, 0.29) is 9.52 Å². The second kappa shape index (κ2) is 2.78. The lowest BCUT2D eigenvalue weighted by molar-refractivity contribution is 2.32. The molecule has 0 aromatic heterocycles. The fraction of sp³-hybridized carbons (Fsp3) is 0.333. The van der Waals surface area contributed by atoms with Gasteiger partial charge in [-0.25, -0.2) is 0 Å². The molecule has 0 radical (unpaired) electrons. The summed E-state index contributed by atoms with van der Waals surface area (Å²) < 4.78 is 0. The van der Waals surface area contributed by atoms with Gasteiger partial charge in [-0.3, -0.25) is 0 Å². The molecule has 0 aliphatic rings.